The van der Waals surface area contributed by atoms with E-state index < -0.39 is 0 Å². The molecule has 0 saturated carbocycles. The molecule has 1 saturated heterocycles. The van der Waals surface area contributed by atoms with Crippen LogP contribution in [0.2, 0.25) is 5.02 Å². The Morgan fingerprint density at radius 2 is 1.96 bits per heavy atom. The fraction of sp³-hybridized carbons (Fsp3) is 0.350. The number of benzene rings is 1. The number of hydrogen-bond donors (Lipinski definition) is 0. The van der Waals surface area contributed by atoms with Crippen molar-refractivity contribution >= 4 is 34.2 Å². The number of carbonyl (C=O) groups excluding carboxylic acids is 1. The van der Waals surface area contributed by atoms with Crippen LogP contribution in [0, 0.1) is 6.92 Å². The summed E-state index contributed by atoms with van der Waals surface area (Å²) in [6.45, 7) is 5.02. The number of anilines is 1. The van der Waals surface area contributed by atoms with E-state index in [4.69, 9.17) is 16.3 Å². The summed E-state index contributed by atoms with van der Waals surface area (Å²) in [4.78, 5) is 21.2. The summed E-state index contributed by atoms with van der Waals surface area (Å²) in [5.74, 6) is 0.727. The highest BCUT2D eigenvalue weighted by Gasteiger charge is 2.22. The molecule has 1 fully saturated rings. The minimum atomic E-state index is 0.0675. The molecule has 0 unspecified atom stereocenters. The quantitative estimate of drug-likeness (QED) is 0.675. The third kappa shape index (κ3) is 3.75. The van der Waals surface area contributed by atoms with E-state index in [0.717, 1.165) is 29.9 Å². The second kappa shape index (κ2) is 7.67. The topological polar surface area (TPSA) is 63.5 Å². The molecule has 1 aromatic carbocycles. The molecule has 4 rings (SSSR count). The Kier molecular flexibility index (Phi) is 5.09. The molecule has 7 nitrogen and oxygen atoms in total. The van der Waals surface area contributed by atoms with E-state index in [1.54, 1.807) is 11.8 Å². The average Bonchev–Trinajstić information content (AvgIpc) is 3.09. The lowest BCUT2D eigenvalue weighted by molar-refractivity contribution is -0.132. The van der Waals surface area contributed by atoms with Gasteiger partial charge in [0.15, 0.2) is 5.65 Å². The second-order valence-electron chi connectivity index (χ2n) is 6.88. The summed E-state index contributed by atoms with van der Waals surface area (Å²) in [7, 11) is 1.61. The first-order valence-electron chi connectivity index (χ1n) is 9.20. The van der Waals surface area contributed by atoms with Gasteiger partial charge in [0, 0.05) is 55.2 Å². The Balaban J connectivity index is 1.38. The van der Waals surface area contributed by atoms with Crippen LogP contribution in [-0.4, -0.2) is 58.9 Å². The summed E-state index contributed by atoms with van der Waals surface area (Å²) < 4.78 is 6.97. The molecule has 1 aliphatic rings. The number of halogens is 1. The van der Waals surface area contributed by atoms with Crippen molar-refractivity contribution in [2.75, 3.05) is 38.2 Å². The maximum absolute atomic E-state index is 12.7. The number of methoxy groups -OCH3 is 1. The van der Waals surface area contributed by atoms with Crippen LogP contribution in [-0.2, 0) is 11.3 Å². The number of piperazine rings is 1. The highest BCUT2D eigenvalue weighted by atomic mass is 35.5. The molecule has 0 spiro atoms. The number of ether oxygens (including phenoxy) is 1. The molecule has 0 N–H and O–H groups in total. The van der Waals surface area contributed by atoms with Gasteiger partial charge in [-0.2, -0.15) is 5.10 Å². The normalized spacial score (nSPS) is 14.5. The van der Waals surface area contributed by atoms with Crippen molar-refractivity contribution < 1.29 is 9.53 Å². The lowest BCUT2D eigenvalue weighted by Gasteiger charge is -2.36. The van der Waals surface area contributed by atoms with Gasteiger partial charge in [-0.25, -0.2) is 4.98 Å². The Bertz CT molecular complexity index is 1010. The molecule has 1 aliphatic heterocycles. The molecule has 0 radical (unpaired) electrons. The number of aryl methyl sites for hydroxylation is 1. The number of carbonyl (C=O) groups is 1. The Labute approximate surface area is 168 Å². The lowest BCUT2D eigenvalue weighted by Crippen LogP contribution is -2.49. The first-order chi connectivity index (χ1) is 13.5. The number of pyridine rings is 1. The lowest BCUT2D eigenvalue weighted by atomic mass is 10.2. The van der Waals surface area contributed by atoms with Crippen LogP contribution in [0.4, 0.5) is 5.69 Å². The predicted molar refractivity (Wildman–Crippen MR) is 109 cm³/mol. The highest BCUT2D eigenvalue weighted by molar-refractivity contribution is 6.32. The molecule has 3 aromatic rings. The molecular formula is C20H22ClN5O2. The minimum absolute atomic E-state index is 0.0675. The van der Waals surface area contributed by atoms with Gasteiger partial charge in [0.1, 0.15) is 12.3 Å². The maximum Gasteiger partial charge on any atom is 0.244 e. The van der Waals surface area contributed by atoms with Crippen molar-refractivity contribution in [2.24, 2.45) is 0 Å². The molecule has 3 heterocycles. The second-order valence-corrected chi connectivity index (χ2v) is 7.29. The Morgan fingerprint density at radius 3 is 2.71 bits per heavy atom. The number of fused-ring (bicyclic) bond motifs is 1. The van der Waals surface area contributed by atoms with Crippen molar-refractivity contribution in [3.63, 3.8) is 0 Å². The molecule has 0 bridgehead atoms. The zero-order chi connectivity index (χ0) is 19.7. The first kappa shape index (κ1) is 18.6. The molecule has 0 atom stereocenters. The number of nitrogens with zero attached hydrogens (tertiary/aromatic N) is 5. The summed E-state index contributed by atoms with van der Waals surface area (Å²) in [6, 6.07) is 9.67. The van der Waals surface area contributed by atoms with Crippen molar-refractivity contribution in [2.45, 2.75) is 13.5 Å². The molecule has 2 aromatic heterocycles. The van der Waals surface area contributed by atoms with Gasteiger partial charge in [0.25, 0.3) is 0 Å². The third-order valence-electron chi connectivity index (χ3n) is 4.99. The Hall–Kier alpha value is -2.80. The average molecular weight is 400 g/mol. The van der Waals surface area contributed by atoms with E-state index in [9.17, 15) is 4.79 Å². The first-order valence-corrected chi connectivity index (χ1v) is 9.58. The van der Waals surface area contributed by atoms with Crippen molar-refractivity contribution in [3.05, 3.63) is 47.2 Å². The van der Waals surface area contributed by atoms with Crippen LogP contribution in [0.1, 0.15) is 5.69 Å². The van der Waals surface area contributed by atoms with Gasteiger partial charge >= 0.3 is 0 Å². The van der Waals surface area contributed by atoms with Crippen LogP contribution in [0.5, 0.6) is 5.75 Å². The summed E-state index contributed by atoms with van der Waals surface area (Å²) >= 11 is 6.11. The molecule has 146 valence electrons. The molecule has 0 aliphatic carbocycles. The fourth-order valence-corrected chi connectivity index (χ4v) is 3.62. The smallest absolute Gasteiger partial charge is 0.244 e. The fourth-order valence-electron chi connectivity index (χ4n) is 3.42. The monoisotopic (exact) mass is 399 g/mol. The molecule has 1 amide bonds. The van der Waals surface area contributed by atoms with Gasteiger partial charge in [-0.15, -0.1) is 0 Å². The minimum Gasteiger partial charge on any atom is -0.495 e. The molecule has 8 heteroatoms. The van der Waals surface area contributed by atoms with E-state index in [1.165, 1.54) is 0 Å². The number of aromatic nitrogens is 3. The van der Waals surface area contributed by atoms with E-state index in [-0.39, 0.29) is 12.5 Å². The number of hydrogen-bond acceptors (Lipinski definition) is 5. The van der Waals surface area contributed by atoms with Crippen LogP contribution >= 0.6 is 11.6 Å². The third-order valence-corrected chi connectivity index (χ3v) is 5.30. The van der Waals surface area contributed by atoms with E-state index in [0.29, 0.717) is 29.5 Å². The van der Waals surface area contributed by atoms with E-state index in [1.807, 2.05) is 48.4 Å². The van der Waals surface area contributed by atoms with E-state index >= 15 is 0 Å². The van der Waals surface area contributed by atoms with Crippen LogP contribution in [0.25, 0.3) is 11.0 Å². The zero-order valence-electron chi connectivity index (χ0n) is 15.9. The Morgan fingerprint density at radius 1 is 1.18 bits per heavy atom. The van der Waals surface area contributed by atoms with Crippen molar-refractivity contribution in [3.8, 4) is 5.75 Å². The van der Waals surface area contributed by atoms with Gasteiger partial charge < -0.3 is 14.5 Å². The van der Waals surface area contributed by atoms with Crippen LogP contribution in [0.15, 0.2) is 36.5 Å². The standard InChI is InChI=1S/C20H22ClN5O2/c1-14-3-4-15-12-26(23-20(15)22-14)13-19(27)25-9-7-24(8-10-25)16-5-6-17(21)18(11-16)28-2/h3-6,11-12H,7-10,13H2,1-2H3. The van der Waals surface area contributed by atoms with Gasteiger partial charge in [-0.05, 0) is 31.2 Å². The number of rotatable bonds is 4. The SMILES string of the molecule is COc1cc(N2CCN(C(=O)Cn3cc4ccc(C)nc4n3)CC2)ccc1Cl. The van der Waals surface area contributed by atoms with Crippen LogP contribution < -0.4 is 9.64 Å². The van der Waals surface area contributed by atoms with Crippen LogP contribution in [0.3, 0.4) is 0 Å². The zero-order valence-corrected chi connectivity index (χ0v) is 16.7. The summed E-state index contributed by atoms with van der Waals surface area (Å²) in [5, 5.41) is 5.96. The van der Waals surface area contributed by atoms with Crippen molar-refractivity contribution in [1.82, 2.24) is 19.7 Å². The molecular weight excluding hydrogens is 378 g/mol. The molecule has 28 heavy (non-hydrogen) atoms. The number of amides is 1. The van der Waals surface area contributed by atoms with Gasteiger partial charge in [-0.1, -0.05) is 11.6 Å². The highest BCUT2D eigenvalue weighted by Crippen LogP contribution is 2.29. The van der Waals surface area contributed by atoms with Gasteiger partial charge in [-0.3, -0.25) is 9.48 Å². The largest absolute Gasteiger partial charge is 0.495 e. The van der Waals surface area contributed by atoms with Crippen molar-refractivity contribution in [1.29, 1.82) is 0 Å². The van der Waals surface area contributed by atoms with Gasteiger partial charge in [0.2, 0.25) is 5.91 Å². The van der Waals surface area contributed by atoms with E-state index in [2.05, 4.69) is 15.0 Å². The predicted octanol–water partition coefficient (Wildman–Crippen LogP) is 2.75. The summed E-state index contributed by atoms with van der Waals surface area (Å²) in [6.07, 6.45) is 1.87. The van der Waals surface area contributed by atoms with Gasteiger partial charge in [0.05, 0.1) is 12.1 Å². The maximum atomic E-state index is 12.7. The summed E-state index contributed by atoms with van der Waals surface area (Å²) in [5.41, 5.74) is 2.64.